The SMILES string of the molecule is C=CC(C)NS(=O)(=O)c1ccc(C)cc1Br. The highest BCUT2D eigenvalue weighted by molar-refractivity contribution is 9.10. The molecule has 1 atom stereocenters. The third-order valence-electron chi connectivity index (χ3n) is 2.07. The summed E-state index contributed by atoms with van der Waals surface area (Å²) >= 11 is 3.25. The molecule has 3 nitrogen and oxygen atoms in total. The zero-order valence-electron chi connectivity index (χ0n) is 9.20. The van der Waals surface area contributed by atoms with E-state index in [0.717, 1.165) is 5.56 Å². The van der Waals surface area contributed by atoms with Gasteiger partial charge < -0.3 is 0 Å². The van der Waals surface area contributed by atoms with Gasteiger partial charge >= 0.3 is 0 Å². The van der Waals surface area contributed by atoms with Crippen LogP contribution in [0.25, 0.3) is 0 Å². The summed E-state index contributed by atoms with van der Waals surface area (Å²) < 4.78 is 27.0. The Kier molecular flexibility index (Phi) is 4.29. The Bertz CT molecular complexity index is 497. The van der Waals surface area contributed by atoms with Crippen LogP contribution in [0.5, 0.6) is 0 Å². The Morgan fingerprint density at radius 3 is 2.62 bits per heavy atom. The van der Waals surface area contributed by atoms with Gasteiger partial charge in [-0.3, -0.25) is 0 Å². The van der Waals surface area contributed by atoms with Crippen molar-refractivity contribution in [3.63, 3.8) is 0 Å². The molecule has 0 aliphatic carbocycles. The van der Waals surface area contributed by atoms with Crippen molar-refractivity contribution in [2.75, 3.05) is 0 Å². The molecule has 0 heterocycles. The first-order chi connectivity index (χ1) is 7.36. The van der Waals surface area contributed by atoms with Gasteiger partial charge in [-0.1, -0.05) is 12.1 Å². The van der Waals surface area contributed by atoms with Crippen LogP contribution in [0.1, 0.15) is 12.5 Å². The molecule has 0 spiro atoms. The Labute approximate surface area is 105 Å². The van der Waals surface area contributed by atoms with Gasteiger partial charge in [0.15, 0.2) is 0 Å². The van der Waals surface area contributed by atoms with Crippen LogP contribution in [-0.4, -0.2) is 14.5 Å². The quantitative estimate of drug-likeness (QED) is 0.869. The molecule has 0 saturated heterocycles. The highest BCUT2D eigenvalue weighted by atomic mass is 79.9. The third kappa shape index (κ3) is 3.17. The average molecular weight is 304 g/mol. The van der Waals surface area contributed by atoms with Gasteiger partial charge in [0.05, 0.1) is 4.90 Å². The Balaban J connectivity index is 3.12. The maximum atomic E-state index is 11.9. The van der Waals surface area contributed by atoms with Crippen molar-refractivity contribution in [2.45, 2.75) is 24.8 Å². The van der Waals surface area contributed by atoms with E-state index < -0.39 is 10.0 Å². The highest BCUT2D eigenvalue weighted by Gasteiger charge is 2.18. The van der Waals surface area contributed by atoms with Crippen LogP contribution >= 0.6 is 15.9 Å². The summed E-state index contributed by atoms with van der Waals surface area (Å²) in [6, 6.07) is 4.82. The molecule has 88 valence electrons. The second-order valence-electron chi connectivity index (χ2n) is 3.58. The summed E-state index contributed by atoms with van der Waals surface area (Å²) in [4.78, 5) is 0.242. The lowest BCUT2D eigenvalue weighted by molar-refractivity contribution is 0.575. The summed E-state index contributed by atoms with van der Waals surface area (Å²) in [5, 5.41) is 0. The van der Waals surface area contributed by atoms with Crippen LogP contribution in [0.2, 0.25) is 0 Å². The Morgan fingerprint density at radius 2 is 2.12 bits per heavy atom. The number of rotatable bonds is 4. The van der Waals surface area contributed by atoms with Crippen LogP contribution in [0.4, 0.5) is 0 Å². The largest absolute Gasteiger partial charge is 0.242 e. The van der Waals surface area contributed by atoms with Crippen LogP contribution in [0.3, 0.4) is 0 Å². The van der Waals surface area contributed by atoms with Crippen molar-refractivity contribution in [3.8, 4) is 0 Å². The minimum atomic E-state index is -3.49. The lowest BCUT2D eigenvalue weighted by Crippen LogP contribution is -2.31. The number of sulfonamides is 1. The van der Waals surface area contributed by atoms with E-state index in [2.05, 4.69) is 27.2 Å². The molecule has 0 aliphatic rings. The zero-order valence-corrected chi connectivity index (χ0v) is 11.6. The molecule has 5 heteroatoms. The van der Waals surface area contributed by atoms with E-state index in [1.165, 1.54) is 0 Å². The molecule has 1 unspecified atom stereocenters. The lowest BCUT2D eigenvalue weighted by atomic mass is 10.2. The minimum absolute atomic E-state index is 0.242. The predicted molar refractivity (Wildman–Crippen MR) is 68.9 cm³/mol. The van der Waals surface area contributed by atoms with E-state index in [0.29, 0.717) is 4.47 Å². The van der Waals surface area contributed by atoms with E-state index in [1.807, 2.05) is 6.92 Å². The van der Waals surface area contributed by atoms with Crippen molar-refractivity contribution in [1.82, 2.24) is 4.72 Å². The molecule has 0 radical (unpaired) electrons. The van der Waals surface area contributed by atoms with Crippen molar-refractivity contribution in [3.05, 3.63) is 40.9 Å². The van der Waals surface area contributed by atoms with E-state index in [9.17, 15) is 8.42 Å². The van der Waals surface area contributed by atoms with Gasteiger partial charge in [0, 0.05) is 10.5 Å². The Morgan fingerprint density at radius 1 is 1.50 bits per heavy atom. The molecule has 0 aliphatic heterocycles. The first kappa shape index (κ1) is 13.4. The predicted octanol–water partition coefficient (Wildman–Crippen LogP) is 2.61. The first-order valence-corrected chi connectivity index (χ1v) is 7.05. The molecule has 0 amide bonds. The molecular weight excluding hydrogens is 290 g/mol. The molecule has 0 bridgehead atoms. The Hall–Kier alpha value is -0.650. The maximum absolute atomic E-state index is 11.9. The first-order valence-electron chi connectivity index (χ1n) is 4.78. The molecule has 16 heavy (non-hydrogen) atoms. The van der Waals surface area contributed by atoms with E-state index in [-0.39, 0.29) is 10.9 Å². The molecule has 1 rings (SSSR count). The van der Waals surface area contributed by atoms with E-state index in [4.69, 9.17) is 0 Å². The van der Waals surface area contributed by atoms with E-state index in [1.54, 1.807) is 31.2 Å². The van der Waals surface area contributed by atoms with E-state index >= 15 is 0 Å². The fourth-order valence-corrected chi connectivity index (χ4v) is 3.59. The number of halogens is 1. The zero-order chi connectivity index (χ0) is 12.3. The molecule has 1 aromatic carbocycles. The van der Waals surface area contributed by atoms with Gasteiger partial charge in [-0.25, -0.2) is 13.1 Å². The second kappa shape index (κ2) is 5.12. The molecular formula is C11H14BrNO2S. The van der Waals surface area contributed by atoms with Crippen molar-refractivity contribution in [2.24, 2.45) is 0 Å². The van der Waals surface area contributed by atoms with Crippen molar-refractivity contribution in [1.29, 1.82) is 0 Å². The van der Waals surface area contributed by atoms with Crippen LogP contribution in [-0.2, 0) is 10.0 Å². The second-order valence-corrected chi connectivity index (χ2v) is 6.12. The number of hydrogen-bond acceptors (Lipinski definition) is 2. The number of aryl methyl sites for hydroxylation is 1. The van der Waals surface area contributed by atoms with Gasteiger partial charge in [0.1, 0.15) is 0 Å². The van der Waals surface area contributed by atoms with Crippen LogP contribution in [0.15, 0.2) is 40.2 Å². The highest BCUT2D eigenvalue weighted by Crippen LogP contribution is 2.23. The summed E-state index contributed by atoms with van der Waals surface area (Å²) in [6.07, 6.45) is 1.54. The van der Waals surface area contributed by atoms with Gasteiger partial charge in [0.25, 0.3) is 0 Å². The van der Waals surface area contributed by atoms with Crippen molar-refractivity contribution < 1.29 is 8.42 Å². The summed E-state index contributed by atoms with van der Waals surface area (Å²) in [5.74, 6) is 0. The third-order valence-corrected chi connectivity index (χ3v) is 4.61. The number of hydrogen-bond donors (Lipinski definition) is 1. The average Bonchev–Trinajstić information content (AvgIpc) is 2.16. The monoisotopic (exact) mass is 303 g/mol. The van der Waals surface area contributed by atoms with Gasteiger partial charge in [-0.2, -0.15) is 0 Å². The standard InChI is InChI=1S/C11H14BrNO2S/c1-4-9(3)13-16(14,15)11-6-5-8(2)7-10(11)12/h4-7,9,13H,1H2,2-3H3. The molecule has 1 N–H and O–H groups in total. The number of benzene rings is 1. The summed E-state index contributed by atoms with van der Waals surface area (Å²) in [7, 11) is -3.49. The van der Waals surface area contributed by atoms with Crippen LogP contribution < -0.4 is 4.72 Å². The van der Waals surface area contributed by atoms with Crippen LogP contribution in [0, 0.1) is 6.92 Å². The maximum Gasteiger partial charge on any atom is 0.242 e. The smallest absolute Gasteiger partial charge is 0.207 e. The minimum Gasteiger partial charge on any atom is -0.207 e. The summed E-state index contributed by atoms with van der Waals surface area (Å²) in [5.41, 5.74) is 1.00. The molecule has 1 aromatic rings. The lowest BCUT2D eigenvalue weighted by Gasteiger charge is -2.11. The van der Waals surface area contributed by atoms with Gasteiger partial charge in [-0.05, 0) is 47.5 Å². The fourth-order valence-electron chi connectivity index (χ4n) is 1.18. The van der Waals surface area contributed by atoms with Gasteiger partial charge in [-0.15, -0.1) is 6.58 Å². The molecule has 0 saturated carbocycles. The molecule has 0 aromatic heterocycles. The normalized spacial score (nSPS) is 13.4. The summed E-state index contributed by atoms with van der Waals surface area (Å²) in [6.45, 7) is 7.17. The fraction of sp³-hybridized carbons (Fsp3) is 0.273. The van der Waals surface area contributed by atoms with Gasteiger partial charge in [0.2, 0.25) is 10.0 Å². The molecule has 0 fully saturated rings. The number of nitrogens with one attached hydrogen (secondary N) is 1. The van der Waals surface area contributed by atoms with Crippen molar-refractivity contribution >= 4 is 26.0 Å². The topological polar surface area (TPSA) is 46.2 Å².